The van der Waals surface area contributed by atoms with Crippen LogP contribution in [0.15, 0.2) is 18.2 Å². The van der Waals surface area contributed by atoms with Gasteiger partial charge in [0.15, 0.2) is 4.77 Å². The van der Waals surface area contributed by atoms with Crippen LogP contribution in [0.1, 0.15) is 37.6 Å². The molecular weight excluding hydrogens is 363 g/mol. The van der Waals surface area contributed by atoms with Gasteiger partial charge in [0, 0.05) is 23.0 Å². The molecule has 1 amide bonds. The SMILES string of the molecule is CCCc1n[nH]c(=S)n1CC(=O)N(Cc1c(F)cccc1Cl)C1CC1. The van der Waals surface area contributed by atoms with Crippen LogP contribution in [0.4, 0.5) is 4.39 Å². The third-order valence-electron chi connectivity index (χ3n) is 4.30. The molecule has 0 bridgehead atoms. The summed E-state index contributed by atoms with van der Waals surface area (Å²) in [5, 5.41) is 7.27. The summed E-state index contributed by atoms with van der Waals surface area (Å²) in [6.45, 7) is 2.32. The number of carbonyl (C=O) groups is 1. The summed E-state index contributed by atoms with van der Waals surface area (Å²) in [6, 6.07) is 4.70. The van der Waals surface area contributed by atoms with Gasteiger partial charge in [-0.25, -0.2) is 4.39 Å². The zero-order valence-electron chi connectivity index (χ0n) is 14.0. The predicted molar refractivity (Wildman–Crippen MR) is 96.4 cm³/mol. The minimum absolute atomic E-state index is 0.100. The van der Waals surface area contributed by atoms with E-state index in [-0.39, 0.29) is 25.0 Å². The van der Waals surface area contributed by atoms with Crippen LogP contribution in [-0.2, 0) is 24.3 Å². The number of benzene rings is 1. The van der Waals surface area contributed by atoms with Gasteiger partial charge >= 0.3 is 0 Å². The average molecular weight is 383 g/mol. The van der Waals surface area contributed by atoms with E-state index < -0.39 is 5.82 Å². The Balaban J connectivity index is 1.81. The summed E-state index contributed by atoms with van der Waals surface area (Å²) in [6.07, 6.45) is 3.50. The lowest BCUT2D eigenvalue weighted by molar-refractivity contribution is -0.133. The van der Waals surface area contributed by atoms with Crippen LogP contribution in [0.5, 0.6) is 0 Å². The van der Waals surface area contributed by atoms with Gasteiger partial charge in [0.1, 0.15) is 18.2 Å². The Bertz CT molecular complexity index is 810. The van der Waals surface area contributed by atoms with Crippen LogP contribution >= 0.6 is 23.8 Å². The minimum Gasteiger partial charge on any atom is -0.334 e. The Morgan fingerprint density at radius 3 is 2.92 bits per heavy atom. The summed E-state index contributed by atoms with van der Waals surface area (Å²) >= 11 is 11.4. The maximum absolute atomic E-state index is 14.1. The van der Waals surface area contributed by atoms with Crippen molar-refractivity contribution in [1.82, 2.24) is 19.7 Å². The molecule has 5 nitrogen and oxygen atoms in total. The van der Waals surface area contributed by atoms with Crippen molar-refractivity contribution in [3.05, 3.63) is 45.2 Å². The first-order valence-corrected chi connectivity index (χ1v) is 9.16. The van der Waals surface area contributed by atoms with Crippen LogP contribution < -0.4 is 0 Å². The van der Waals surface area contributed by atoms with Gasteiger partial charge in [-0.05, 0) is 43.6 Å². The maximum atomic E-state index is 14.1. The zero-order chi connectivity index (χ0) is 18.0. The molecule has 134 valence electrons. The third kappa shape index (κ3) is 4.10. The summed E-state index contributed by atoms with van der Waals surface area (Å²) < 4.78 is 16.3. The van der Waals surface area contributed by atoms with Crippen molar-refractivity contribution < 1.29 is 9.18 Å². The number of hydrogen-bond donors (Lipinski definition) is 1. The Hall–Kier alpha value is -1.73. The highest BCUT2D eigenvalue weighted by atomic mass is 35.5. The quantitative estimate of drug-likeness (QED) is 0.739. The smallest absolute Gasteiger partial charge is 0.243 e. The maximum Gasteiger partial charge on any atom is 0.243 e. The van der Waals surface area contributed by atoms with Crippen molar-refractivity contribution in [2.75, 3.05) is 0 Å². The monoisotopic (exact) mass is 382 g/mol. The Kier molecular flexibility index (Phi) is 5.54. The predicted octanol–water partition coefficient (Wildman–Crippen LogP) is 3.88. The zero-order valence-corrected chi connectivity index (χ0v) is 15.5. The van der Waals surface area contributed by atoms with Gasteiger partial charge in [0.2, 0.25) is 5.91 Å². The van der Waals surface area contributed by atoms with Crippen LogP contribution in [0.25, 0.3) is 0 Å². The van der Waals surface area contributed by atoms with E-state index in [1.165, 1.54) is 6.07 Å². The molecule has 0 spiro atoms. The minimum atomic E-state index is -0.391. The van der Waals surface area contributed by atoms with Gasteiger partial charge in [-0.1, -0.05) is 24.6 Å². The third-order valence-corrected chi connectivity index (χ3v) is 4.97. The van der Waals surface area contributed by atoms with E-state index in [1.54, 1.807) is 21.6 Å². The van der Waals surface area contributed by atoms with E-state index >= 15 is 0 Å². The van der Waals surface area contributed by atoms with E-state index in [9.17, 15) is 9.18 Å². The number of aromatic amines is 1. The Morgan fingerprint density at radius 1 is 1.52 bits per heavy atom. The first-order valence-electron chi connectivity index (χ1n) is 8.37. The van der Waals surface area contributed by atoms with Crippen molar-refractivity contribution in [2.45, 2.75) is 51.7 Å². The highest BCUT2D eigenvalue weighted by Gasteiger charge is 2.33. The van der Waals surface area contributed by atoms with Crippen LogP contribution in [-0.4, -0.2) is 31.6 Å². The molecule has 0 atom stereocenters. The lowest BCUT2D eigenvalue weighted by Crippen LogP contribution is -2.36. The van der Waals surface area contributed by atoms with Crippen molar-refractivity contribution >= 4 is 29.7 Å². The van der Waals surface area contributed by atoms with Crippen molar-refractivity contribution in [3.63, 3.8) is 0 Å². The standard InChI is InChI=1S/C17H20ClFN4OS/c1-2-4-15-20-21-17(25)23(15)10-16(24)22(11-7-8-11)9-12-13(18)5-3-6-14(12)19/h3,5-6,11H,2,4,7-10H2,1H3,(H,21,25). The van der Waals surface area contributed by atoms with Gasteiger partial charge in [-0.2, -0.15) is 5.10 Å². The molecule has 0 saturated heterocycles. The number of nitrogens with one attached hydrogen (secondary N) is 1. The number of nitrogens with zero attached hydrogens (tertiary/aromatic N) is 3. The second-order valence-corrected chi connectivity index (χ2v) is 7.03. The first kappa shape index (κ1) is 18.1. The molecule has 0 unspecified atom stereocenters. The van der Waals surface area contributed by atoms with Crippen LogP contribution in [0.3, 0.4) is 0 Å². The summed E-state index contributed by atoms with van der Waals surface area (Å²) in [4.78, 5) is 14.6. The lowest BCUT2D eigenvalue weighted by atomic mass is 10.2. The molecule has 1 N–H and O–H groups in total. The average Bonchev–Trinajstić information content (AvgIpc) is 3.35. The van der Waals surface area contributed by atoms with Gasteiger partial charge in [0.05, 0.1) is 6.54 Å². The molecule has 1 aromatic heterocycles. The first-order chi connectivity index (χ1) is 12.0. The number of amides is 1. The number of aryl methyl sites for hydroxylation is 1. The van der Waals surface area contributed by atoms with Gasteiger partial charge in [-0.15, -0.1) is 0 Å². The fourth-order valence-corrected chi connectivity index (χ4v) is 3.25. The molecule has 1 aromatic carbocycles. The lowest BCUT2D eigenvalue weighted by Gasteiger charge is -2.24. The molecular formula is C17H20ClFN4OS. The largest absolute Gasteiger partial charge is 0.334 e. The van der Waals surface area contributed by atoms with Crippen LogP contribution in [0, 0.1) is 10.6 Å². The van der Waals surface area contributed by atoms with Crippen molar-refractivity contribution in [2.24, 2.45) is 0 Å². The fraction of sp³-hybridized carbons (Fsp3) is 0.471. The Morgan fingerprint density at radius 2 is 2.28 bits per heavy atom. The van der Waals surface area contributed by atoms with Crippen molar-refractivity contribution in [1.29, 1.82) is 0 Å². The van der Waals surface area contributed by atoms with Gasteiger partial charge < -0.3 is 4.90 Å². The highest BCUT2D eigenvalue weighted by Crippen LogP contribution is 2.31. The molecule has 3 rings (SSSR count). The number of rotatable bonds is 7. The number of carbonyl (C=O) groups excluding carboxylic acids is 1. The molecule has 25 heavy (non-hydrogen) atoms. The van der Waals surface area contributed by atoms with Gasteiger partial charge in [0.25, 0.3) is 0 Å². The van der Waals surface area contributed by atoms with E-state index in [0.29, 0.717) is 15.4 Å². The van der Waals surface area contributed by atoms with E-state index in [0.717, 1.165) is 31.5 Å². The number of halogens is 2. The van der Waals surface area contributed by atoms with E-state index in [2.05, 4.69) is 10.2 Å². The topological polar surface area (TPSA) is 53.9 Å². The molecule has 0 radical (unpaired) electrons. The molecule has 2 aromatic rings. The molecule has 1 aliphatic carbocycles. The summed E-state index contributed by atoms with van der Waals surface area (Å²) in [5.74, 6) is 0.273. The molecule has 1 aliphatic rings. The molecule has 8 heteroatoms. The van der Waals surface area contributed by atoms with Gasteiger partial charge in [-0.3, -0.25) is 14.5 Å². The normalized spacial score (nSPS) is 13.9. The number of hydrogen-bond acceptors (Lipinski definition) is 3. The fourth-order valence-electron chi connectivity index (χ4n) is 2.81. The summed E-state index contributed by atoms with van der Waals surface area (Å²) in [5.41, 5.74) is 0.356. The number of aromatic nitrogens is 3. The second kappa shape index (κ2) is 7.66. The number of H-pyrrole nitrogens is 1. The highest BCUT2D eigenvalue weighted by molar-refractivity contribution is 7.71. The Labute approximate surface area is 155 Å². The molecule has 1 fully saturated rings. The molecule has 0 aliphatic heterocycles. The molecule has 1 saturated carbocycles. The van der Waals surface area contributed by atoms with Crippen LogP contribution in [0.2, 0.25) is 5.02 Å². The van der Waals surface area contributed by atoms with Crippen molar-refractivity contribution in [3.8, 4) is 0 Å². The second-order valence-electron chi connectivity index (χ2n) is 6.23. The van der Waals surface area contributed by atoms with E-state index in [4.69, 9.17) is 23.8 Å². The van der Waals surface area contributed by atoms with E-state index in [1.807, 2.05) is 6.92 Å². The summed E-state index contributed by atoms with van der Waals surface area (Å²) in [7, 11) is 0. The molecule has 1 heterocycles.